The van der Waals surface area contributed by atoms with Crippen molar-refractivity contribution in [1.82, 2.24) is 15.1 Å². The number of carbonyl (C=O) groups is 1. The fourth-order valence-electron chi connectivity index (χ4n) is 3.63. The molecule has 1 saturated heterocycles. The number of piperidine rings is 1. The van der Waals surface area contributed by atoms with Crippen molar-refractivity contribution in [3.8, 4) is 11.3 Å². The number of benzene rings is 2. The largest absolute Gasteiger partial charge is 0.530 e. The Labute approximate surface area is 172 Å². The first-order valence-corrected chi connectivity index (χ1v) is 9.86. The van der Waals surface area contributed by atoms with E-state index in [2.05, 4.69) is 5.32 Å². The van der Waals surface area contributed by atoms with E-state index in [1.807, 2.05) is 28.9 Å². The molecule has 0 aliphatic carbocycles. The molecule has 2 heterocycles. The van der Waals surface area contributed by atoms with Gasteiger partial charge in [-0.25, -0.2) is 4.68 Å². The number of fused-ring (bicyclic) bond motifs is 1. The van der Waals surface area contributed by atoms with Crippen molar-refractivity contribution in [3.05, 3.63) is 46.4 Å². The predicted molar refractivity (Wildman–Crippen MR) is 110 cm³/mol. The molecule has 3 aromatic rings. The SMILES string of the molecule is CN(C(=O)[O-])c1ccc2c(c1)c(-c1cc(Cl)cc(Cl)c1)nn2[C@H]1CCCCN1. The van der Waals surface area contributed by atoms with E-state index in [9.17, 15) is 9.90 Å². The lowest BCUT2D eigenvalue weighted by atomic mass is 10.1. The van der Waals surface area contributed by atoms with Gasteiger partial charge in [0.05, 0.1) is 5.52 Å². The molecule has 0 bridgehead atoms. The topological polar surface area (TPSA) is 73.2 Å². The van der Waals surface area contributed by atoms with Gasteiger partial charge in [-0.3, -0.25) is 5.32 Å². The average molecular weight is 418 g/mol. The van der Waals surface area contributed by atoms with Crippen LogP contribution in [0.2, 0.25) is 10.0 Å². The highest BCUT2D eigenvalue weighted by atomic mass is 35.5. The summed E-state index contributed by atoms with van der Waals surface area (Å²) < 4.78 is 1.97. The van der Waals surface area contributed by atoms with Crippen LogP contribution in [0.25, 0.3) is 22.2 Å². The van der Waals surface area contributed by atoms with Gasteiger partial charge in [0.15, 0.2) is 0 Å². The summed E-state index contributed by atoms with van der Waals surface area (Å²) >= 11 is 12.4. The highest BCUT2D eigenvalue weighted by Gasteiger charge is 2.21. The summed E-state index contributed by atoms with van der Waals surface area (Å²) in [5.74, 6) is 0. The minimum absolute atomic E-state index is 0.0874. The molecule has 1 aliphatic heterocycles. The van der Waals surface area contributed by atoms with Gasteiger partial charge in [0.1, 0.15) is 18.0 Å². The highest BCUT2D eigenvalue weighted by molar-refractivity contribution is 6.35. The van der Waals surface area contributed by atoms with Crippen LogP contribution in [0.5, 0.6) is 0 Å². The number of nitrogens with zero attached hydrogens (tertiary/aromatic N) is 3. The van der Waals surface area contributed by atoms with Gasteiger partial charge in [-0.2, -0.15) is 5.10 Å². The molecule has 1 atom stereocenters. The molecule has 0 radical (unpaired) electrons. The number of amides is 1. The molecule has 8 heteroatoms. The van der Waals surface area contributed by atoms with E-state index in [4.69, 9.17) is 28.3 Å². The molecule has 1 fully saturated rings. The van der Waals surface area contributed by atoms with E-state index in [1.54, 1.807) is 12.1 Å². The van der Waals surface area contributed by atoms with Crippen LogP contribution in [0.3, 0.4) is 0 Å². The van der Waals surface area contributed by atoms with Gasteiger partial charge >= 0.3 is 0 Å². The Hall–Kier alpha value is -2.28. The van der Waals surface area contributed by atoms with Crippen LogP contribution in [0, 0.1) is 0 Å². The molecule has 146 valence electrons. The second-order valence-corrected chi connectivity index (χ2v) is 7.82. The van der Waals surface area contributed by atoms with E-state index < -0.39 is 6.09 Å². The number of carboxylic acid groups (broad SMARTS) is 1. The van der Waals surface area contributed by atoms with Crippen molar-refractivity contribution >= 4 is 45.9 Å². The first kappa shape index (κ1) is 19.1. The second kappa shape index (κ2) is 7.62. The smallest absolute Gasteiger partial charge is 0.141 e. The van der Waals surface area contributed by atoms with Crippen molar-refractivity contribution in [3.63, 3.8) is 0 Å². The Balaban J connectivity index is 1.92. The Kier molecular flexibility index (Phi) is 5.19. The number of rotatable bonds is 3. The third-order valence-electron chi connectivity index (χ3n) is 5.07. The van der Waals surface area contributed by atoms with Crippen LogP contribution in [0.1, 0.15) is 25.4 Å². The van der Waals surface area contributed by atoms with E-state index in [-0.39, 0.29) is 6.17 Å². The van der Waals surface area contributed by atoms with Crippen molar-refractivity contribution in [2.24, 2.45) is 0 Å². The summed E-state index contributed by atoms with van der Waals surface area (Å²) in [4.78, 5) is 12.4. The third kappa shape index (κ3) is 3.55. The molecule has 0 saturated carbocycles. The molecule has 0 spiro atoms. The van der Waals surface area contributed by atoms with Crippen molar-refractivity contribution in [2.45, 2.75) is 25.4 Å². The maximum absolute atomic E-state index is 11.3. The zero-order valence-corrected chi connectivity index (χ0v) is 16.8. The summed E-state index contributed by atoms with van der Waals surface area (Å²) in [6.45, 7) is 0.940. The molecule has 2 aromatic carbocycles. The zero-order valence-electron chi connectivity index (χ0n) is 15.3. The first-order valence-electron chi connectivity index (χ1n) is 9.11. The van der Waals surface area contributed by atoms with Crippen LogP contribution in [-0.2, 0) is 0 Å². The van der Waals surface area contributed by atoms with E-state index >= 15 is 0 Å². The van der Waals surface area contributed by atoms with Crippen LogP contribution in [0.4, 0.5) is 10.5 Å². The quantitative estimate of drug-likeness (QED) is 0.696. The van der Waals surface area contributed by atoms with Crippen molar-refractivity contribution in [1.29, 1.82) is 0 Å². The summed E-state index contributed by atoms with van der Waals surface area (Å²) in [6, 6.07) is 10.7. The van der Waals surface area contributed by atoms with Gasteiger partial charge in [-0.1, -0.05) is 23.2 Å². The molecule has 28 heavy (non-hydrogen) atoms. The number of carbonyl (C=O) groups excluding carboxylic acids is 1. The van der Waals surface area contributed by atoms with E-state index in [1.165, 1.54) is 7.05 Å². The number of nitrogens with one attached hydrogen (secondary N) is 1. The van der Waals surface area contributed by atoms with Gasteiger partial charge in [0.25, 0.3) is 0 Å². The number of hydrogen-bond acceptors (Lipinski definition) is 4. The zero-order chi connectivity index (χ0) is 19.8. The van der Waals surface area contributed by atoms with Crippen LogP contribution >= 0.6 is 23.2 Å². The average Bonchev–Trinajstić information content (AvgIpc) is 3.06. The van der Waals surface area contributed by atoms with Crippen LogP contribution < -0.4 is 15.3 Å². The minimum Gasteiger partial charge on any atom is -0.530 e. The van der Waals surface area contributed by atoms with Crippen LogP contribution in [-0.4, -0.2) is 29.5 Å². The lowest BCUT2D eigenvalue weighted by Crippen LogP contribution is -2.38. The Morgan fingerprint density at radius 2 is 1.96 bits per heavy atom. The Morgan fingerprint density at radius 3 is 2.61 bits per heavy atom. The first-order chi connectivity index (χ1) is 13.4. The molecule has 1 N–H and O–H groups in total. The molecule has 6 nitrogen and oxygen atoms in total. The van der Waals surface area contributed by atoms with Gasteiger partial charge in [-0.15, -0.1) is 0 Å². The van der Waals surface area contributed by atoms with Crippen molar-refractivity contribution < 1.29 is 9.90 Å². The number of aromatic nitrogens is 2. The summed E-state index contributed by atoms with van der Waals surface area (Å²) in [7, 11) is 1.46. The molecule has 1 aliphatic rings. The van der Waals surface area contributed by atoms with Gasteiger partial charge in [0.2, 0.25) is 0 Å². The maximum atomic E-state index is 11.3. The fourth-order valence-corrected chi connectivity index (χ4v) is 4.15. The Morgan fingerprint density at radius 1 is 1.21 bits per heavy atom. The molecule has 1 amide bonds. The van der Waals surface area contributed by atoms with Gasteiger partial charge < -0.3 is 14.8 Å². The standard InChI is InChI=1S/C20H20Cl2N4O2/c1-25(20(27)28)15-5-6-17-16(11-15)19(12-8-13(21)10-14(22)9-12)24-26(17)18-4-2-3-7-23-18/h5-6,8-11,18,23H,2-4,7H2,1H3,(H,27,28)/p-1/t18-/m0/s1. The number of hydrogen-bond donors (Lipinski definition) is 1. The maximum Gasteiger partial charge on any atom is 0.141 e. The fraction of sp³-hybridized carbons (Fsp3) is 0.300. The van der Waals surface area contributed by atoms with Crippen molar-refractivity contribution in [2.75, 3.05) is 18.5 Å². The normalized spacial score (nSPS) is 17.0. The number of halogens is 2. The predicted octanol–water partition coefficient (Wildman–Crippen LogP) is 4.06. The molecule has 4 rings (SSSR count). The van der Waals surface area contributed by atoms with E-state index in [0.29, 0.717) is 21.4 Å². The highest BCUT2D eigenvalue weighted by Crippen LogP contribution is 2.35. The molecule has 0 unspecified atom stereocenters. The minimum atomic E-state index is -1.27. The summed E-state index contributed by atoms with van der Waals surface area (Å²) in [5, 5.41) is 21.5. The number of anilines is 1. The molecule has 1 aromatic heterocycles. The summed E-state index contributed by atoms with van der Waals surface area (Å²) in [5.41, 5.74) is 2.92. The van der Waals surface area contributed by atoms with Gasteiger partial charge in [0, 0.05) is 33.7 Å². The third-order valence-corrected chi connectivity index (χ3v) is 5.50. The van der Waals surface area contributed by atoms with Gasteiger partial charge in [-0.05, 0) is 62.2 Å². The second-order valence-electron chi connectivity index (χ2n) is 6.94. The molecular weight excluding hydrogens is 399 g/mol. The van der Waals surface area contributed by atoms with E-state index in [0.717, 1.165) is 47.2 Å². The summed E-state index contributed by atoms with van der Waals surface area (Å²) in [6.07, 6.45) is 2.07. The monoisotopic (exact) mass is 417 g/mol. The lowest BCUT2D eigenvalue weighted by molar-refractivity contribution is -0.246. The molecular formula is C20H19Cl2N4O2-. The van der Waals surface area contributed by atoms with Crippen LogP contribution in [0.15, 0.2) is 36.4 Å². The lowest BCUT2D eigenvalue weighted by Gasteiger charge is -2.24. The Bertz CT molecular complexity index is 1020.